The van der Waals surface area contributed by atoms with Crippen LogP contribution in [0.5, 0.6) is 0 Å². The Hall–Kier alpha value is -6.99. The van der Waals surface area contributed by atoms with Gasteiger partial charge in [0, 0.05) is 6.20 Å². The molecule has 6 aromatic rings. The minimum absolute atomic E-state index is 0.173. The third-order valence-electron chi connectivity index (χ3n) is 8.45. The molecule has 54 heavy (non-hydrogen) atoms. The fraction of sp³-hybridized carbons (Fsp3) is 0.146. The summed E-state index contributed by atoms with van der Waals surface area (Å²) in [6.07, 6.45) is -4.06. The molecule has 1 fully saturated rings. The third-order valence-corrected chi connectivity index (χ3v) is 8.45. The fourth-order valence-corrected chi connectivity index (χ4v) is 5.79. The number of ether oxygens (including phenoxy) is 5. The van der Waals surface area contributed by atoms with Gasteiger partial charge in [0.05, 0.1) is 34.1 Å². The van der Waals surface area contributed by atoms with Crippen molar-refractivity contribution in [3.63, 3.8) is 0 Å². The minimum Gasteiger partial charge on any atom is -0.459 e. The quantitative estimate of drug-likeness (QED) is 0.118. The third kappa shape index (κ3) is 8.22. The number of rotatable bonds is 11. The van der Waals surface area contributed by atoms with E-state index in [1.54, 1.807) is 146 Å². The Morgan fingerprint density at radius 1 is 0.537 bits per heavy atom. The molecule has 13 heteroatoms. The molecule has 270 valence electrons. The SMILES string of the molecule is O=C(OC[C@H]1O[C@@H](n2cc(-c3ccccn3)nn2)[C@H](OC(=O)c2ccccc2)[C@@H](OC(=O)c2ccccc2)[C@@H]1OC(=O)c1ccccc1)c1ccccc1. The number of carbonyl (C=O) groups is 4. The first kappa shape index (κ1) is 35.4. The molecule has 13 nitrogen and oxygen atoms in total. The van der Waals surface area contributed by atoms with E-state index in [0.717, 1.165) is 0 Å². The maximum absolute atomic E-state index is 13.8. The second-order valence-electron chi connectivity index (χ2n) is 12.0. The van der Waals surface area contributed by atoms with Crippen molar-refractivity contribution in [3.8, 4) is 11.4 Å². The average molecular weight is 725 g/mol. The smallest absolute Gasteiger partial charge is 0.338 e. The van der Waals surface area contributed by atoms with Crippen LogP contribution in [-0.2, 0) is 23.7 Å². The van der Waals surface area contributed by atoms with E-state index in [2.05, 4.69) is 15.3 Å². The average Bonchev–Trinajstić information content (AvgIpc) is 3.73. The van der Waals surface area contributed by atoms with E-state index < -0.39 is 61.1 Å². The van der Waals surface area contributed by atoms with E-state index in [0.29, 0.717) is 11.4 Å². The summed E-state index contributed by atoms with van der Waals surface area (Å²) in [6, 6.07) is 38.0. The molecule has 3 heterocycles. The van der Waals surface area contributed by atoms with Crippen molar-refractivity contribution in [1.82, 2.24) is 20.0 Å². The van der Waals surface area contributed by atoms with Gasteiger partial charge in [-0.05, 0) is 60.7 Å². The van der Waals surface area contributed by atoms with Crippen molar-refractivity contribution in [1.29, 1.82) is 0 Å². The summed E-state index contributed by atoms with van der Waals surface area (Å²) in [5, 5.41) is 8.55. The van der Waals surface area contributed by atoms with Crippen LogP contribution < -0.4 is 0 Å². The molecule has 0 bridgehead atoms. The molecule has 4 aromatic carbocycles. The highest BCUT2D eigenvalue weighted by atomic mass is 16.7. The Labute approximate surface area is 309 Å². The van der Waals surface area contributed by atoms with Crippen LogP contribution >= 0.6 is 0 Å². The van der Waals surface area contributed by atoms with Crippen LogP contribution in [0.15, 0.2) is 152 Å². The zero-order valence-electron chi connectivity index (χ0n) is 28.5. The fourth-order valence-electron chi connectivity index (χ4n) is 5.79. The lowest BCUT2D eigenvalue weighted by Crippen LogP contribution is -2.61. The number of aromatic nitrogens is 4. The summed E-state index contributed by atoms with van der Waals surface area (Å²) < 4.78 is 31.9. The maximum atomic E-state index is 13.8. The first-order chi connectivity index (χ1) is 26.4. The van der Waals surface area contributed by atoms with Gasteiger partial charge in [-0.15, -0.1) is 5.10 Å². The summed E-state index contributed by atoms with van der Waals surface area (Å²) in [5.74, 6) is -3.08. The highest BCUT2D eigenvalue weighted by molar-refractivity contribution is 5.91. The number of pyridine rings is 1. The number of benzene rings is 4. The Kier molecular flexibility index (Phi) is 10.9. The number of carbonyl (C=O) groups excluding carboxylic acids is 4. The number of hydrogen-bond donors (Lipinski definition) is 0. The van der Waals surface area contributed by atoms with E-state index in [1.807, 2.05) is 0 Å². The highest BCUT2D eigenvalue weighted by Crippen LogP contribution is 2.36. The van der Waals surface area contributed by atoms with Crippen molar-refractivity contribution in [2.24, 2.45) is 0 Å². The van der Waals surface area contributed by atoms with Crippen LogP contribution in [0.2, 0.25) is 0 Å². The first-order valence-corrected chi connectivity index (χ1v) is 16.9. The normalized spacial score (nSPS) is 19.2. The van der Waals surface area contributed by atoms with Crippen molar-refractivity contribution < 1.29 is 42.9 Å². The highest BCUT2D eigenvalue weighted by Gasteiger charge is 2.54. The monoisotopic (exact) mass is 724 g/mol. The zero-order valence-corrected chi connectivity index (χ0v) is 28.5. The second kappa shape index (κ2) is 16.6. The van der Waals surface area contributed by atoms with Crippen molar-refractivity contribution in [2.45, 2.75) is 30.6 Å². The molecule has 2 aromatic heterocycles. The molecule has 1 aliphatic heterocycles. The van der Waals surface area contributed by atoms with Gasteiger partial charge in [0.1, 0.15) is 18.4 Å². The first-order valence-electron chi connectivity index (χ1n) is 16.9. The van der Waals surface area contributed by atoms with Gasteiger partial charge in [-0.25, -0.2) is 23.9 Å². The van der Waals surface area contributed by atoms with Crippen LogP contribution in [-0.4, -0.2) is 74.9 Å². The minimum atomic E-state index is -1.54. The number of nitrogens with zero attached hydrogens (tertiary/aromatic N) is 4. The van der Waals surface area contributed by atoms with Gasteiger partial charge in [-0.1, -0.05) is 84.1 Å². The van der Waals surface area contributed by atoms with Crippen molar-refractivity contribution in [2.75, 3.05) is 6.61 Å². The summed E-state index contributed by atoms with van der Waals surface area (Å²) in [5.41, 5.74) is 1.66. The van der Waals surface area contributed by atoms with Crippen LogP contribution in [0.3, 0.4) is 0 Å². The van der Waals surface area contributed by atoms with Gasteiger partial charge in [-0.3, -0.25) is 4.98 Å². The largest absolute Gasteiger partial charge is 0.459 e. The van der Waals surface area contributed by atoms with Gasteiger partial charge in [-0.2, -0.15) is 0 Å². The molecule has 5 atom stereocenters. The van der Waals surface area contributed by atoms with Crippen LogP contribution in [0, 0.1) is 0 Å². The van der Waals surface area contributed by atoms with Gasteiger partial charge in [0.2, 0.25) is 0 Å². The second-order valence-corrected chi connectivity index (χ2v) is 12.0. The van der Waals surface area contributed by atoms with Crippen LogP contribution in [0.25, 0.3) is 11.4 Å². The molecule has 0 amide bonds. The van der Waals surface area contributed by atoms with E-state index >= 15 is 0 Å². The Morgan fingerprint density at radius 3 is 1.50 bits per heavy atom. The van der Waals surface area contributed by atoms with E-state index in [-0.39, 0.29) is 22.3 Å². The zero-order chi connectivity index (χ0) is 37.3. The molecule has 0 saturated carbocycles. The Bertz CT molecular complexity index is 2190. The van der Waals surface area contributed by atoms with Gasteiger partial charge in [0.25, 0.3) is 0 Å². The number of esters is 4. The lowest BCUT2D eigenvalue weighted by molar-refractivity contribution is -0.252. The Morgan fingerprint density at radius 2 is 1.00 bits per heavy atom. The van der Waals surface area contributed by atoms with E-state index in [4.69, 9.17) is 23.7 Å². The standard InChI is InChI=1S/C41H32N4O9/c46-38(27-15-5-1-6-16-27)50-26-33-34(52-39(47)28-17-7-2-8-18-28)35(53-40(48)29-19-9-3-10-20-29)36(54-41(49)30-21-11-4-12-22-30)37(51-33)45-25-32(43-44-45)31-23-13-14-24-42-31/h1-25,33-37H,26H2/t33-,34-,35+,36-,37-/m1/s1. The molecule has 0 aliphatic carbocycles. The van der Waals surface area contributed by atoms with Gasteiger partial charge >= 0.3 is 23.9 Å². The predicted octanol–water partition coefficient (Wildman–Crippen LogP) is 5.77. The summed E-state index contributed by atoms with van der Waals surface area (Å²) in [6.45, 7) is -0.475. The van der Waals surface area contributed by atoms with Gasteiger partial charge in [0.15, 0.2) is 24.5 Å². The summed E-state index contributed by atoms with van der Waals surface area (Å²) >= 11 is 0. The molecule has 0 spiro atoms. The molecular weight excluding hydrogens is 692 g/mol. The van der Waals surface area contributed by atoms with Crippen LogP contribution in [0.4, 0.5) is 0 Å². The molecule has 0 N–H and O–H groups in total. The molecule has 1 saturated heterocycles. The van der Waals surface area contributed by atoms with Crippen LogP contribution in [0.1, 0.15) is 47.7 Å². The summed E-state index contributed by atoms with van der Waals surface area (Å²) in [7, 11) is 0. The molecular formula is C41H32N4O9. The summed E-state index contributed by atoms with van der Waals surface area (Å²) in [4.78, 5) is 58.8. The Balaban J connectivity index is 1.32. The van der Waals surface area contributed by atoms with Crippen molar-refractivity contribution in [3.05, 3.63) is 174 Å². The molecule has 1 aliphatic rings. The topological polar surface area (TPSA) is 158 Å². The molecule has 7 rings (SSSR count). The maximum Gasteiger partial charge on any atom is 0.338 e. The van der Waals surface area contributed by atoms with Gasteiger partial charge < -0.3 is 23.7 Å². The number of hydrogen-bond acceptors (Lipinski definition) is 12. The molecule has 0 unspecified atom stereocenters. The predicted molar refractivity (Wildman–Crippen MR) is 191 cm³/mol. The van der Waals surface area contributed by atoms with E-state index in [9.17, 15) is 19.2 Å². The lowest BCUT2D eigenvalue weighted by Gasteiger charge is -2.44. The van der Waals surface area contributed by atoms with E-state index in [1.165, 1.54) is 10.9 Å². The lowest BCUT2D eigenvalue weighted by atomic mass is 9.96. The van der Waals surface area contributed by atoms with Crippen molar-refractivity contribution >= 4 is 23.9 Å². The molecule has 0 radical (unpaired) electrons.